The minimum atomic E-state index is 1.15. The van der Waals surface area contributed by atoms with Crippen LogP contribution in [-0.4, -0.2) is 13.7 Å². The van der Waals surface area contributed by atoms with Gasteiger partial charge < -0.3 is 13.7 Å². The van der Waals surface area contributed by atoms with Crippen molar-refractivity contribution in [3.05, 3.63) is 188 Å². The largest absolute Gasteiger partial charge is 0.309 e. The molecule has 246 valence electrons. The molecule has 53 heavy (non-hydrogen) atoms. The highest BCUT2D eigenvalue weighted by molar-refractivity contribution is 6.25. The van der Waals surface area contributed by atoms with Gasteiger partial charge in [0, 0.05) is 49.4 Å². The Bertz CT molecular complexity index is 3320. The Hall–Kier alpha value is -7.10. The second-order valence-electron chi connectivity index (χ2n) is 14.2. The molecule has 0 atom stereocenters. The predicted octanol–water partition coefficient (Wildman–Crippen LogP) is 13.2. The summed E-state index contributed by atoms with van der Waals surface area (Å²) in [6, 6.07) is 69.0. The number of nitrogens with zero attached hydrogens (tertiary/aromatic N) is 3. The van der Waals surface area contributed by atoms with Crippen molar-refractivity contribution in [2.24, 2.45) is 0 Å². The molecular formula is C50H31N3. The van der Waals surface area contributed by atoms with Gasteiger partial charge in [0.1, 0.15) is 0 Å². The van der Waals surface area contributed by atoms with Crippen molar-refractivity contribution < 1.29 is 0 Å². The highest BCUT2D eigenvalue weighted by Gasteiger charge is 2.20. The van der Waals surface area contributed by atoms with Crippen LogP contribution in [0.25, 0.3) is 104 Å². The first-order valence-electron chi connectivity index (χ1n) is 18.3. The number of hydrogen-bond donors (Lipinski definition) is 0. The van der Waals surface area contributed by atoms with Gasteiger partial charge in [0.2, 0.25) is 0 Å². The van der Waals surface area contributed by atoms with E-state index in [1.165, 1.54) is 93.0 Å². The van der Waals surface area contributed by atoms with Crippen molar-refractivity contribution in [1.29, 1.82) is 0 Å². The fraction of sp³-hybridized carbons (Fsp3) is 0. The third-order valence-electron chi connectivity index (χ3n) is 11.4. The van der Waals surface area contributed by atoms with Crippen LogP contribution in [0.15, 0.2) is 188 Å². The molecule has 0 N–H and O–H groups in total. The molecule has 12 rings (SSSR count). The molecule has 0 saturated heterocycles. The second-order valence-corrected chi connectivity index (χ2v) is 14.2. The molecule has 0 fully saturated rings. The Balaban J connectivity index is 1.07. The summed E-state index contributed by atoms with van der Waals surface area (Å²) in [6.45, 7) is 0. The van der Waals surface area contributed by atoms with Gasteiger partial charge >= 0.3 is 0 Å². The first kappa shape index (κ1) is 28.6. The van der Waals surface area contributed by atoms with Gasteiger partial charge in [-0.15, -0.1) is 0 Å². The summed E-state index contributed by atoms with van der Waals surface area (Å²) in [6.07, 6.45) is 0. The van der Waals surface area contributed by atoms with Crippen LogP contribution in [0, 0.1) is 0 Å². The van der Waals surface area contributed by atoms with Crippen molar-refractivity contribution in [2.75, 3.05) is 0 Å². The number of para-hydroxylation sites is 4. The fourth-order valence-corrected chi connectivity index (χ4v) is 9.10. The Labute approximate surface area is 305 Å². The van der Waals surface area contributed by atoms with Crippen LogP contribution >= 0.6 is 0 Å². The lowest BCUT2D eigenvalue weighted by molar-refractivity contribution is 1.14. The van der Waals surface area contributed by atoms with Crippen LogP contribution in [-0.2, 0) is 0 Å². The van der Waals surface area contributed by atoms with E-state index in [1.54, 1.807) is 0 Å². The molecule has 12 aromatic rings. The van der Waals surface area contributed by atoms with E-state index < -0.39 is 0 Å². The minimum absolute atomic E-state index is 1.15. The fourth-order valence-electron chi connectivity index (χ4n) is 9.10. The normalized spacial score (nSPS) is 12.2. The molecule has 0 radical (unpaired) electrons. The average molecular weight is 674 g/mol. The van der Waals surface area contributed by atoms with Crippen LogP contribution in [0.3, 0.4) is 0 Å². The van der Waals surface area contributed by atoms with E-state index in [1.807, 2.05) is 0 Å². The zero-order chi connectivity index (χ0) is 34.6. The summed E-state index contributed by atoms with van der Waals surface area (Å²) in [5, 5.41) is 10.2. The van der Waals surface area contributed by atoms with Gasteiger partial charge in [0.05, 0.1) is 33.1 Å². The summed E-state index contributed by atoms with van der Waals surface area (Å²) >= 11 is 0. The van der Waals surface area contributed by atoms with Gasteiger partial charge in [0.25, 0.3) is 0 Å². The van der Waals surface area contributed by atoms with E-state index in [4.69, 9.17) is 0 Å². The summed E-state index contributed by atoms with van der Waals surface area (Å²) in [4.78, 5) is 0. The van der Waals surface area contributed by atoms with E-state index in [0.29, 0.717) is 0 Å². The number of fused-ring (bicyclic) bond motifs is 6. The molecule has 0 aliphatic heterocycles. The maximum atomic E-state index is 2.46. The molecule has 0 amide bonds. The predicted molar refractivity (Wildman–Crippen MR) is 224 cm³/mol. The van der Waals surface area contributed by atoms with Gasteiger partial charge in [-0.1, -0.05) is 103 Å². The Kier molecular flexibility index (Phi) is 5.77. The Morgan fingerprint density at radius 2 is 0.736 bits per heavy atom. The molecule has 0 unspecified atom stereocenters. The molecular weight excluding hydrogens is 643 g/mol. The van der Waals surface area contributed by atoms with E-state index in [0.717, 1.165) is 11.4 Å². The lowest BCUT2D eigenvalue weighted by atomic mass is 9.96. The van der Waals surface area contributed by atoms with Gasteiger partial charge in [-0.25, -0.2) is 0 Å². The zero-order valence-electron chi connectivity index (χ0n) is 28.7. The van der Waals surface area contributed by atoms with Gasteiger partial charge in [-0.05, 0) is 107 Å². The van der Waals surface area contributed by atoms with E-state index in [9.17, 15) is 0 Å². The molecule has 0 saturated carbocycles. The Morgan fingerprint density at radius 1 is 0.245 bits per heavy atom. The number of rotatable bonds is 4. The highest BCUT2D eigenvalue weighted by Crippen LogP contribution is 2.43. The van der Waals surface area contributed by atoms with Crippen molar-refractivity contribution >= 4 is 76.2 Å². The zero-order valence-corrected chi connectivity index (χ0v) is 28.7. The standard InChI is InChI=1S/C50H31N3/c1-2-12-36(13-3-1)51-45-19-9-6-16-41(45)42-30-33(23-28-46(42)51)35-29-34-22-21-32-11-10-20-47-49(32)50(34)48(31-35)53(47)38-26-24-37(25-27-38)52-43-17-7-4-14-39(43)40-15-5-8-18-44(40)52/h1-31H. The summed E-state index contributed by atoms with van der Waals surface area (Å²) in [5.74, 6) is 0. The van der Waals surface area contributed by atoms with Crippen molar-refractivity contribution in [3.63, 3.8) is 0 Å². The van der Waals surface area contributed by atoms with Crippen molar-refractivity contribution in [3.8, 4) is 28.2 Å². The molecule has 3 nitrogen and oxygen atoms in total. The molecule has 3 heterocycles. The molecule has 0 aliphatic carbocycles. The van der Waals surface area contributed by atoms with Crippen LogP contribution in [0.2, 0.25) is 0 Å². The number of benzene rings is 9. The van der Waals surface area contributed by atoms with Crippen LogP contribution in [0.1, 0.15) is 0 Å². The topological polar surface area (TPSA) is 14.8 Å². The molecule has 3 aromatic heterocycles. The average Bonchev–Trinajstić information content (AvgIpc) is 3.86. The maximum absolute atomic E-state index is 2.46. The summed E-state index contributed by atoms with van der Waals surface area (Å²) < 4.78 is 7.23. The van der Waals surface area contributed by atoms with E-state index in [-0.39, 0.29) is 0 Å². The lowest BCUT2D eigenvalue weighted by Gasteiger charge is -2.12. The molecule has 0 aliphatic rings. The first-order chi connectivity index (χ1) is 26.3. The third-order valence-corrected chi connectivity index (χ3v) is 11.4. The van der Waals surface area contributed by atoms with Crippen molar-refractivity contribution in [2.45, 2.75) is 0 Å². The van der Waals surface area contributed by atoms with E-state index in [2.05, 4.69) is 202 Å². The monoisotopic (exact) mass is 673 g/mol. The van der Waals surface area contributed by atoms with Gasteiger partial charge in [-0.2, -0.15) is 0 Å². The quantitative estimate of drug-likeness (QED) is 0.165. The van der Waals surface area contributed by atoms with Crippen LogP contribution in [0.4, 0.5) is 0 Å². The van der Waals surface area contributed by atoms with Gasteiger partial charge in [-0.3, -0.25) is 0 Å². The SMILES string of the molecule is c1ccc(-n2c3ccccc3c3cc(-c4cc5ccc6cccc7c6c5c(c4)n7-c4ccc(-n5c6ccccc6c6ccccc65)cc4)ccc32)cc1. The highest BCUT2D eigenvalue weighted by atomic mass is 15.0. The smallest absolute Gasteiger partial charge is 0.0553 e. The summed E-state index contributed by atoms with van der Waals surface area (Å²) in [7, 11) is 0. The molecule has 0 spiro atoms. The summed E-state index contributed by atoms with van der Waals surface area (Å²) in [5.41, 5.74) is 13.2. The minimum Gasteiger partial charge on any atom is -0.309 e. The maximum Gasteiger partial charge on any atom is 0.0553 e. The second kappa shape index (κ2) is 10.7. The number of aromatic nitrogens is 3. The van der Waals surface area contributed by atoms with Gasteiger partial charge in [0.15, 0.2) is 0 Å². The third kappa shape index (κ3) is 3.99. The lowest BCUT2D eigenvalue weighted by Crippen LogP contribution is -1.97. The molecule has 9 aromatic carbocycles. The Morgan fingerprint density at radius 3 is 1.40 bits per heavy atom. The molecule has 0 bridgehead atoms. The van der Waals surface area contributed by atoms with Crippen LogP contribution in [0.5, 0.6) is 0 Å². The first-order valence-corrected chi connectivity index (χ1v) is 18.3. The molecule has 3 heteroatoms. The van der Waals surface area contributed by atoms with E-state index >= 15 is 0 Å². The van der Waals surface area contributed by atoms with Crippen molar-refractivity contribution in [1.82, 2.24) is 13.7 Å². The van der Waals surface area contributed by atoms with Crippen LogP contribution < -0.4 is 0 Å². The number of hydrogen-bond acceptors (Lipinski definition) is 0.